The monoisotopic (exact) mass is 406 g/mol. The maximum Gasteiger partial charge on any atom is 0.373 e. The van der Waals surface area contributed by atoms with Crippen LogP contribution in [0.1, 0.15) is 5.56 Å². The van der Waals surface area contributed by atoms with E-state index in [1.807, 2.05) is 49.4 Å². The van der Waals surface area contributed by atoms with Crippen LogP contribution in [0, 0.1) is 17.0 Å². The SMILES string of the molecule is Cc1ccc(Cl)cc1Nc1ncnc(Oc2cccc3ccccc23)c1[N+](=O)[O-]. The van der Waals surface area contributed by atoms with E-state index in [9.17, 15) is 10.1 Å². The first-order valence-corrected chi connectivity index (χ1v) is 9.09. The number of anilines is 2. The summed E-state index contributed by atoms with van der Waals surface area (Å²) < 4.78 is 5.86. The molecule has 0 spiro atoms. The van der Waals surface area contributed by atoms with Crippen LogP contribution in [0.15, 0.2) is 67.0 Å². The van der Waals surface area contributed by atoms with E-state index in [1.54, 1.807) is 18.2 Å². The van der Waals surface area contributed by atoms with E-state index in [4.69, 9.17) is 16.3 Å². The van der Waals surface area contributed by atoms with Crippen molar-refractivity contribution in [2.45, 2.75) is 6.92 Å². The summed E-state index contributed by atoms with van der Waals surface area (Å²) in [4.78, 5) is 19.3. The molecule has 3 aromatic carbocycles. The summed E-state index contributed by atoms with van der Waals surface area (Å²) in [6, 6.07) is 18.3. The zero-order valence-corrected chi connectivity index (χ0v) is 16.1. The van der Waals surface area contributed by atoms with Crippen LogP contribution in [0.5, 0.6) is 11.6 Å². The molecule has 8 heteroatoms. The Morgan fingerprint density at radius 3 is 2.69 bits per heavy atom. The number of aryl methyl sites for hydroxylation is 1. The smallest absolute Gasteiger partial charge is 0.373 e. The van der Waals surface area contributed by atoms with Crippen LogP contribution >= 0.6 is 11.6 Å². The topological polar surface area (TPSA) is 90.2 Å². The number of halogens is 1. The molecule has 0 saturated heterocycles. The summed E-state index contributed by atoms with van der Waals surface area (Å²) in [6.45, 7) is 1.86. The predicted molar refractivity (Wildman–Crippen MR) is 112 cm³/mol. The van der Waals surface area contributed by atoms with Crippen LogP contribution in [0.3, 0.4) is 0 Å². The summed E-state index contributed by atoms with van der Waals surface area (Å²) in [7, 11) is 0. The van der Waals surface area contributed by atoms with Gasteiger partial charge in [-0.3, -0.25) is 10.1 Å². The first kappa shape index (κ1) is 18.6. The van der Waals surface area contributed by atoms with Crippen molar-refractivity contribution in [3.8, 4) is 11.6 Å². The second-order valence-corrected chi connectivity index (χ2v) is 6.73. The molecular weight excluding hydrogens is 392 g/mol. The second-order valence-electron chi connectivity index (χ2n) is 6.30. The average Bonchev–Trinajstić information content (AvgIpc) is 2.71. The average molecular weight is 407 g/mol. The largest absolute Gasteiger partial charge is 0.433 e. The lowest BCUT2D eigenvalue weighted by Gasteiger charge is -2.12. The molecule has 4 aromatic rings. The highest BCUT2D eigenvalue weighted by atomic mass is 35.5. The van der Waals surface area contributed by atoms with Crippen LogP contribution in [0.25, 0.3) is 10.8 Å². The van der Waals surface area contributed by atoms with Crippen molar-refractivity contribution in [1.82, 2.24) is 9.97 Å². The third-order valence-corrected chi connectivity index (χ3v) is 4.62. The molecule has 0 aliphatic heterocycles. The van der Waals surface area contributed by atoms with Crippen molar-refractivity contribution in [3.05, 3.63) is 87.7 Å². The molecule has 0 amide bonds. The first-order chi connectivity index (χ1) is 14.0. The van der Waals surface area contributed by atoms with E-state index in [-0.39, 0.29) is 17.4 Å². The van der Waals surface area contributed by atoms with E-state index in [1.165, 1.54) is 6.33 Å². The molecule has 29 heavy (non-hydrogen) atoms. The summed E-state index contributed by atoms with van der Waals surface area (Å²) in [5.41, 5.74) is 1.11. The fourth-order valence-electron chi connectivity index (χ4n) is 2.94. The Kier molecular flexibility index (Phi) is 4.97. The van der Waals surface area contributed by atoms with Crippen molar-refractivity contribution >= 4 is 39.6 Å². The van der Waals surface area contributed by atoms with E-state index in [2.05, 4.69) is 15.3 Å². The van der Waals surface area contributed by atoms with Gasteiger partial charge < -0.3 is 10.1 Å². The minimum atomic E-state index is -0.567. The van der Waals surface area contributed by atoms with Crippen molar-refractivity contribution in [2.75, 3.05) is 5.32 Å². The van der Waals surface area contributed by atoms with E-state index in [0.717, 1.165) is 16.3 Å². The van der Waals surface area contributed by atoms with Crippen LogP contribution in [-0.4, -0.2) is 14.9 Å². The fraction of sp³-hybridized carbons (Fsp3) is 0.0476. The van der Waals surface area contributed by atoms with Crippen LogP contribution in [0.2, 0.25) is 5.02 Å². The molecule has 0 saturated carbocycles. The highest BCUT2D eigenvalue weighted by molar-refractivity contribution is 6.30. The van der Waals surface area contributed by atoms with Gasteiger partial charge in [-0.2, -0.15) is 4.98 Å². The molecule has 0 bridgehead atoms. The third-order valence-electron chi connectivity index (χ3n) is 4.38. The highest BCUT2D eigenvalue weighted by Crippen LogP contribution is 2.38. The van der Waals surface area contributed by atoms with Gasteiger partial charge in [0.2, 0.25) is 5.82 Å². The first-order valence-electron chi connectivity index (χ1n) is 8.71. The Hall–Kier alpha value is -3.71. The Balaban J connectivity index is 1.77. The van der Waals surface area contributed by atoms with Crippen LogP contribution < -0.4 is 10.1 Å². The summed E-state index contributed by atoms with van der Waals surface area (Å²) in [5.74, 6) is 0.337. The van der Waals surface area contributed by atoms with Crippen molar-refractivity contribution in [3.63, 3.8) is 0 Å². The van der Waals surface area contributed by atoms with Gasteiger partial charge in [0.15, 0.2) is 0 Å². The van der Waals surface area contributed by atoms with Gasteiger partial charge in [-0.05, 0) is 36.1 Å². The lowest BCUT2D eigenvalue weighted by atomic mass is 10.1. The van der Waals surface area contributed by atoms with Crippen molar-refractivity contribution in [2.24, 2.45) is 0 Å². The lowest BCUT2D eigenvalue weighted by molar-refractivity contribution is -0.385. The molecule has 0 aliphatic rings. The Labute approximate surface area is 171 Å². The molecule has 4 rings (SSSR count). The van der Waals surface area contributed by atoms with E-state index in [0.29, 0.717) is 16.5 Å². The van der Waals surface area contributed by atoms with Gasteiger partial charge in [-0.15, -0.1) is 0 Å². The summed E-state index contributed by atoms with van der Waals surface area (Å²) in [6.07, 6.45) is 1.22. The standard InChI is InChI=1S/C21H15ClN4O3/c1-13-9-10-15(22)11-17(13)25-20-19(26(27)28)21(24-12-23-20)29-18-8-4-6-14-5-2-3-7-16(14)18/h2-12H,1H3,(H,23,24,25). The van der Waals surface area contributed by atoms with Gasteiger partial charge >= 0.3 is 11.6 Å². The fourth-order valence-corrected chi connectivity index (χ4v) is 3.11. The minimum absolute atomic E-state index is 0.0191. The van der Waals surface area contributed by atoms with Crippen molar-refractivity contribution in [1.29, 1.82) is 0 Å². The molecule has 1 heterocycles. The van der Waals surface area contributed by atoms with Gasteiger partial charge in [0.25, 0.3) is 0 Å². The third kappa shape index (κ3) is 3.81. The zero-order chi connectivity index (χ0) is 20.4. The normalized spacial score (nSPS) is 10.7. The summed E-state index contributed by atoms with van der Waals surface area (Å²) >= 11 is 6.05. The van der Waals surface area contributed by atoms with Crippen LogP contribution in [-0.2, 0) is 0 Å². The van der Waals surface area contributed by atoms with Crippen LogP contribution in [0.4, 0.5) is 17.2 Å². The number of aromatic nitrogens is 2. The molecule has 0 aliphatic carbocycles. The second kappa shape index (κ2) is 7.73. The molecule has 7 nitrogen and oxygen atoms in total. The Morgan fingerprint density at radius 2 is 1.86 bits per heavy atom. The Bertz CT molecular complexity index is 1220. The van der Waals surface area contributed by atoms with E-state index >= 15 is 0 Å². The number of nitrogens with zero attached hydrogens (tertiary/aromatic N) is 3. The van der Waals surface area contributed by atoms with E-state index < -0.39 is 4.92 Å². The molecule has 0 unspecified atom stereocenters. The van der Waals surface area contributed by atoms with Gasteiger partial charge in [-0.1, -0.05) is 54.1 Å². The maximum absolute atomic E-state index is 11.8. The minimum Gasteiger partial charge on any atom is -0.433 e. The number of nitro groups is 1. The predicted octanol–water partition coefficient (Wildman–Crippen LogP) is 6.04. The van der Waals surface area contributed by atoms with Gasteiger partial charge in [0.05, 0.1) is 4.92 Å². The number of hydrogen-bond acceptors (Lipinski definition) is 6. The van der Waals surface area contributed by atoms with Gasteiger partial charge in [0.1, 0.15) is 12.1 Å². The Morgan fingerprint density at radius 1 is 1.07 bits per heavy atom. The molecular formula is C21H15ClN4O3. The van der Waals surface area contributed by atoms with Gasteiger partial charge in [-0.25, -0.2) is 4.98 Å². The highest BCUT2D eigenvalue weighted by Gasteiger charge is 2.26. The molecule has 0 fully saturated rings. The molecule has 0 atom stereocenters. The summed E-state index contributed by atoms with van der Waals surface area (Å²) in [5, 5.41) is 17.1. The lowest BCUT2D eigenvalue weighted by Crippen LogP contribution is -2.04. The number of nitrogens with one attached hydrogen (secondary N) is 1. The molecule has 0 radical (unpaired) electrons. The quantitative estimate of drug-likeness (QED) is 0.321. The number of fused-ring (bicyclic) bond motifs is 1. The van der Waals surface area contributed by atoms with Crippen molar-refractivity contribution < 1.29 is 9.66 Å². The maximum atomic E-state index is 11.8. The molecule has 1 aromatic heterocycles. The number of ether oxygens (including phenoxy) is 1. The van der Waals surface area contributed by atoms with Gasteiger partial charge in [0, 0.05) is 16.1 Å². The number of benzene rings is 3. The molecule has 144 valence electrons. The number of hydrogen-bond donors (Lipinski definition) is 1. The zero-order valence-electron chi connectivity index (χ0n) is 15.3. The number of rotatable bonds is 5. The molecule has 1 N–H and O–H groups in total.